The van der Waals surface area contributed by atoms with E-state index in [1.165, 1.54) is 93.7 Å². The van der Waals surface area contributed by atoms with Gasteiger partial charge in [0.15, 0.2) is 11.6 Å². The molecule has 292 valence electrons. The minimum Gasteiger partial charge on any atom is -0.490 e. The molecule has 2 saturated carbocycles. The molecule has 0 radical (unpaired) electrons. The highest BCUT2D eigenvalue weighted by Gasteiger charge is 2.31. The third-order valence-electron chi connectivity index (χ3n) is 10.8. The molecule has 0 bridgehead atoms. The summed E-state index contributed by atoms with van der Waals surface area (Å²) in [4.78, 5) is 24.7. The lowest BCUT2D eigenvalue weighted by atomic mass is 9.69. The lowest BCUT2D eigenvalue weighted by Gasteiger charge is -2.38. The zero-order chi connectivity index (χ0) is 38.3. The molecule has 10 heteroatoms. The van der Waals surface area contributed by atoms with Crippen molar-refractivity contribution in [2.75, 3.05) is 31.3 Å². The Morgan fingerprint density at radius 1 is 0.741 bits per heavy atom. The minimum atomic E-state index is -1.12. The molecule has 0 heterocycles. The van der Waals surface area contributed by atoms with Crippen molar-refractivity contribution in [3.05, 3.63) is 89.0 Å². The summed E-state index contributed by atoms with van der Waals surface area (Å²) in [6.45, 7) is 3.53. The fourth-order valence-electron chi connectivity index (χ4n) is 7.73. The van der Waals surface area contributed by atoms with Gasteiger partial charge in [-0.3, -0.25) is 0 Å². The van der Waals surface area contributed by atoms with E-state index in [9.17, 15) is 18.4 Å². The van der Waals surface area contributed by atoms with E-state index in [0.29, 0.717) is 47.6 Å². The fraction of sp³-hybridized carbons (Fsp3) is 0.500. The molecule has 5 rings (SSSR count). The number of unbranched alkanes of at least 4 members (excludes halogenated alkanes) is 4. The van der Waals surface area contributed by atoms with Crippen LogP contribution < -0.4 is 20.9 Å². The van der Waals surface area contributed by atoms with Crippen LogP contribution in [0.15, 0.2) is 60.7 Å². The third-order valence-corrected chi connectivity index (χ3v) is 10.8. The number of esters is 2. The van der Waals surface area contributed by atoms with Crippen LogP contribution in [-0.2, 0) is 14.3 Å². The number of rotatable bonds is 18. The molecule has 0 unspecified atom stereocenters. The van der Waals surface area contributed by atoms with Crippen molar-refractivity contribution < 1.29 is 37.3 Å². The number of benzene rings is 3. The van der Waals surface area contributed by atoms with Gasteiger partial charge in [-0.05, 0) is 155 Å². The summed E-state index contributed by atoms with van der Waals surface area (Å²) in [5.74, 6) is -1.06. The molecule has 3 aromatic rings. The lowest BCUT2D eigenvalue weighted by Crippen LogP contribution is -2.28. The summed E-state index contributed by atoms with van der Waals surface area (Å²) in [5.41, 5.74) is 13.7. The predicted molar refractivity (Wildman–Crippen MR) is 208 cm³/mol. The summed E-state index contributed by atoms with van der Waals surface area (Å²) in [5, 5.41) is 0. The molecule has 2 aliphatic rings. The Morgan fingerprint density at radius 2 is 1.39 bits per heavy atom. The number of ether oxygens (including phenoxy) is 4. The van der Waals surface area contributed by atoms with Gasteiger partial charge in [-0.2, -0.15) is 4.39 Å². The molecule has 0 aromatic heterocycles. The molecule has 0 amide bonds. The second kappa shape index (κ2) is 20.9. The molecule has 54 heavy (non-hydrogen) atoms. The molecule has 0 spiro atoms. The van der Waals surface area contributed by atoms with Crippen LogP contribution in [-0.4, -0.2) is 37.9 Å². The molecule has 0 saturated heterocycles. The summed E-state index contributed by atoms with van der Waals surface area (Å²) in [6.07, 6.45) is 17.7. The number of nitrogens with two attached hydrogens (primary N) is 2. The van der Waals surface area contributed by atoms with Gasteiger partial charge in [-0.25, -0.2) is 14.0 Å². The highest BCUT2D eigenvalue weighted by Crippen LogP contribution is 2.43. The van der Waals surface area contributed by atoms with Crippen LogP contribution in [0.5, 0.6) is 11.5 Å². The van der Waals surface area contributed by atoms with Crippen molar-refractivity contribution in [2.24, 2.45) is 11.8 Å². The Kier molecular flexibility index (Phi) is 15.7. The molecular formula is C44H56F2N2O6. The van der Waals surface area contributed by atoms with Crippen LogP contribution in [0.3, 0.4) is 0 Å². The standard InChI is InChI=1S/C44H56F2N2O6/c1-2-3-24-51-38-18-12-32(13-19-38)30-8-10-31(11-9-30)33-14-20-39(21-15-33)54-41(49)23-17-34-16-22-40(43(46)42(34)45)52-25-6-4-5-7-26-53-44(50)35-27-36(47)29-37(48)28-35/h14-17,20-23,27-32,38H,2-13,18-19,24-26,47-48H2,1H3/b23-17+. The molecule has 0 atom stereocenters. The van der Waals surface area contributed by atoms with E-state index in [1.807, 2.05) is 12.1 Å². The smallest absolute Gasteiger partial charge is 0.338 e. The molecular weight excluding hydrogens is 690 g/mol. The van der Waals surface area contributed by atoms with Crippen LogP contribution in [0.4, 0.5) is 20.2 Å². The second-order valence-electron chi connectivity index (χ2n) is 14.8. The van der Waals surface area contributed by atoms with E-state index in [4.69, 9.17) is 30.4 Å². The molecule has 8 nitrogen and oxygen atoms in total. The second-order valence-corrected chi connectivity index (χ2v) is 14.8. The van der Waals surface area contributed by atoms with Crippen molar-refractivity contribution >= 4 is 29.4 Å². The van der Waals surface area contributed by atoms with Crippen LogP contribution >= 0.6 is 0 Å². The number of halogens is 2. The summed E-state index contributed by atoms with van der Waals surface area (Å²) in [6, 6.07) is 14.9. The van der Waals surface area contributed by atoms with Crippen molar-refractivity contribution in [3.8, 4) is 11.5 Å². The van der Waals surface area contributed by atoms with Crippen LogP contribution in [0, 0.1) is 23.5 Å². The maximum Gasteiger partial charge on any atom is 0.338 e. The SMILES string of the molecule is CCCCOC1CCC(C2CCC(c3ccc(OC(=O)/C=C/c4ccc(OCCCCCCOC(=O)c5cc(N)cc(N)c5)c(F)c4F)cc3)CC2)CC1. The molecule has 4 N–H and O–H groups in total. The average molecular weight is 747 g/mol. The van der Waals surface area contributed by atoms with Crippen molar-refractivity contribution in [1.29, 1.82) is 0 Å². The van der Waals surface area contributed by atoms with Crippen molar-refractivity contribution in [2.45, 2.75) is 109 Å². The van der Waals surface area contributed by atoms with Crippen molar-refractivity contribution in [1.82, 2.24) is 0 Å². The van der Waals surface area contributed by atoms with E-state index < -0.39 is 23.6 Å². The van der Waals surface area contributed by atoms with Gasteiger partial charge in [-0.1, -0.05) is 25.5 Å². The Hall–Kier alpha value is -4.44. The van der Waals surface area contributed by atoms with Gasteiger partial charge in [0.25, 0.3) is 0 Å². The maximum atomic E-state index is 14.8. The largest absolute Gasteiger partial charge is 0.490 e. The monoisotopic (exact) mass is 746 g/mol. The Labute approximate surface area is 318 Å². The maximum absolute atomic E-state index is 14.8. The first-order valence-corrected chi connectivity index (χ1v) is 19.8. The first-order valence-electron chi connectivity index (χ1n) is 19.8. The lowest BCUT2D eigenvalue weighted by molar-refractivity contribution is -0.128. The fourth-order valence-corrected chi connectivity index (χ4v) is 7.73. The number of nitrogen functional groups attached to an aromatic ring is 2. The third kappa shape index (κ3) is 12.3. The van der Waals surface area contributed by atoms with Crippen LogP contribution in [0.25, 0.3) is 6.08 Å². The minimum absolute atomic E-state index is 0.0912. The van der Waals surface area contributed by atoms with E-state index in [-0.39, 0.29) is 24.5 Å². The number of carbonyl (C=O) groups is 2. The zero-order valence-corrected chi connectivity index (χ0v) is 31.5. The quantitative estimate of drug-likeness (QED) is 0.0434. The van der Waals surface area contributed by atoms with Gasteiger partial charge in [-0.15, -0.1) is 0 Å². The predicted octanol–water partition coefficient (Wildman–Crippen LogP) is 10.2. The summed E-state index contributed by atoms with van der Waals surface area (Å²) >= 11 is 0. The number of carbonyl (C=O) groups excluding carboxylic acids is 2. The highest BCUT2D eigenvalue weighted by atomic mass is 19.2. The van der Waals surface area contributed by atoms with Gasteiger partial charge in [0.05, 0.1) is 24.9 Å². The van der Waals surface area contributed by atoms with Crippen LogP contribution in [0.1, 0.15) is 124 Å². The Balaban J connectivity index is 0.967. The zero-order valence-electron chi connectivity index (χ0n) is 31.5. The summed E-state index contributed by atoms with van der Waals surface area (Å²) in [7, 11) is 0. The van der Waals surface area contributed by atoms with Crippen molar-refractivity contribution in [3.63, 3.8) is 0 Å². The normalized spacial score (nSPS) is 20.1. The topological polar surface area (TPSA) is 123 Å². The average Bonchev–Trinajstić information content (AvgIpc) is 3.17. The Bertz CT molecular complexity index is 1660. The van der Waals surface area contributed by atoms with E-state index >= 15 is 0 Å². The molecule has 3 aromatic carbocycles. The van der Waals surface area contributed by atoms with Gasteiger partial charge in [0, 0.05) is 29.6 Å². The van der Waals surface area contributed by atoms with Gasteiger partial charge >= 0.3 is 11.9 Å². The van der Waals surface area contributed by atoms with E-state index in [2.05, 4.69) is 6.92 Å². The molecule has 0 aliphatic heterocycles. The summed E-state index contributed by atoms with van der Waals surface area (Å²) < 4.78 is 51.7. The van der Waals surface area contributed by atoms with Crippen LogP contribution in [0.2, 0.25) is 0 Å². The van der Waals surface area contributed by atoms with E-state index in [1.54, 1.807) is 18.2 Å². The molecule has 2 fully saturated rings. The van der Waals surface area contributed by atoms with Gasteiger partial charge in [0.1, 0.15) is 5.75 Å². The number of hydrogen-bond acceptors (Lipinski definition) is 8. The van der Waals surface area contributed by atoms with Gasteiger partial charge in [0.2, 0.25) is 5.82 Å². The number of anilines is 2. The first-order chi connectivity index (χ1) is 26.2. The van der Waals surface area contributed by atoms with E-state index in [0.717, 1.165) is 43.8 Å². The first kappa shape index (κ1) is 40.7. The number of hydrogen-bond donors (Lipinski definition) is 2. The Morgan fingerprint density at radius 3 is 2.06 bits per heavy atom. The molecule has 2 aliphatic carbocycles. The van der Waals surface area contributed by atoms with Gasteiger partial charge < -0.3 is 30.4 Å². The highest BCUT2D eigenvalue weighted by molar-refractivity contribution is 5.91.